The van der Waals surface area contributed by atoms with Crippen LogP contribution in [0, 0.1) is 5.92 Å². The Labute approximate surface area is 140 Å². The number of hydrogen-bond acceptors (Lipinski definition) is 5. The molecule has 3 heterocycles. The lowest BCUT2D eigenvalue weighted by Crippen LogP contribution is -2.40. The zero-order valence-electron chi connectivity index (χ0n) is 13.2. The zero-order valence-corrected chi connectivity index (χ0v) is 14.0. The lowest BCUT2D eigenvalue weighted by atomic mass is 10.1. The van der Waals surface area contributed by atoms with E-state index in [9.17, 15) is 9.59 Å². The molecular formula is C16H22N4O2S. The van der Waals surface area contributed by atoms with Crippen LogP contribution >= 0.6 is 11.3 Å². The van der Waals surface area contributed by atoms with E-state index in [1.165, 1.54) is 0 Å². The standard InChI is InChI=1S/C16H22N4O2S/c21-14-10-12(11-20(14)13-2-3-13)15(22)18-5-1-6-19(8-7-18)16-17-4-9-23-16/h4,9,12-13H,1-3,5-8,10-11H2/t12-/m1/s1. The number of nitrogens with zero attached hydrogens (tertiary/aromatic N) is 4. The average Bonchev–Trinajstić information content (AvgIpc) is 3.19. The molecule has 0 radical (unpaired) electrons. The van der Waals surface area contributed by atoms with Gasteiger partial charge >= 0.3 is 0 Å². The molecule has 6 nitrogen and oxygen atoms in total. The summed E-state index contributed by atoms with van der Waals surface area (Å²) in [4.78, 5) is 35.4. The predicted molar refractivity (Wildman–Crippen MR) is 88.4 cm³/mol. The minimum Gasteiger partial charge on any atom is -0.346 e. The Morgan fingerprint density at radius 3 is 2.83 bits per heavy atom. The van der Waals surface area contributed by atoms with Crippen LogP contribution in [0.1, 0.15) is 25.7 Å². The van der Waals surface area contributed by atoms with Gasteiger partial charge in [0.1, 0.15) is 0 Å². The molecule has 0 N–H and O–H groups in total. The monoisotopic (exact) mass is 334 g/mol. The number of amides is 2. The van der Waals surface area contributed by atoms with Crippen LogP contribution in [0.25, 0.3) is 0 Å². The van der Waals surface area contributed by atoms with Crippen LogP contribution in [-0.2, 0) is 9.59 Å². The SMILES string of the molecule is O=C([C@@H]1CC(=O)N(C2CC2)C1)N1CCCN(c2nccs2)CC1. The van der Waals surface area contributed by atoms with Gasteiger partial charge in [0, 0.05) is 56.8 Å². The molecule has 0 spiro atoms. The van der Waals surface area contributed by atoms with Crippen molar-refractivity contribution in [1.29, 1.82) is 0 Å². The number of rotatable bonds is 3. The highest BCUT2D eigenvalue weighted by molar-refractivity contribution is 7.13. The van der Waals surface area contributed by atoms with Crippen LogP contribution in [0.5, 0.6) is 0 Å². The summed E-state index contributed by atoms with van der Waals surface area (Å²) in [5, 5.41) is 3.02. The van der Waals surface area contributed by atoms with E-state index in [4.69, 9.17) is 0 Å². The van der Waals surface area contributed by atoms with Crippen LogP contribution in [0.3, 0.4) is 0 Å². The van der Waals surface area contributed by atoms with Crippen LogP contribution in [-0.4, -0.2) is 65.4 Å². The molecule has 1 aromatic rings. The first-order valence-corrected chi connectivity index (χ1v) is 9.33. The van der Waals surface area contributed by atoms with Crippen molar-refractivity contribution < 1.29 is 9.59 Å². The van der Waals surface area contributed by atoms with Crippen molar-refractivity contribution in [2.45, 2.75) is 31.7 Å². The molecule has 2 aliphatic heterocycles. The highest BCUT2D eigenvalue weighted by atomic mass is 32.1. The third-order valence-electron chi connectivity index (χ3n) is 4.99. The molecule has 2 saturated heterocycles. The Morgan fingerprint density at radius 1 is 1.22 bits per heavy atom. The van der Waals surface area contributed by atoms with E-state index in [1.54, 1.807) is 11.3 Å². The summed E-state index contributed by atoms with van der Waals surface area (Å²) < 4.78 is 0. The largest absolute Gasteiger partial charge is 0.346 e. The van der Waals surface area contributed by atoms with Crippen molar-refractivity contribution in [3.8, 4) is 0 Å². The Hall–Kier alpha value is -1.63. The Balaban J connectivity index is 1.36. The van der Waals surface area contributed by atoms with Gasteiger partial charge in [-0.15, -0.1) is 11.3 Å². The van der Waals surface area contributed by atoms with Gasteiger partial charge in [-0.05, 0) is 19.3 Å². The lowest BCUT2D eigenvalue weighted by Gasteiger charge is -2.24. The van der Waals surface area contributed by atoms with E-state index in [-0.39, 0.29) is 17.7 Å². The quantitative estimate of drug-likeness (QED) is 0.833. The average molecular weight is 334 g/mol. The molecule has 0 aromatic carbocycles. The predicted octanol–water partition coefficient (Wildman–Crippen LogP) is 1.19. The van der Waals surface area contributed by atoms with Gasteiger partial charge in [0.25, 0.3) is 0 Å². The highest BCUT2D eigenvalue weighted by Gasteiger charge is 2.42. The number of carbonyl (C=O) groups excluding carboxylic acids is 2. The van der Waals surface area contributed by atoms with Crippen molar-refractivity contribution >= 4 is 28.3 Å². The minimum atomic E-state index is -0.130. The molecule has 7 heteroatoms. The molecule has 0 unspecified atom stereocenters. The molecule has 2 amide bonds. The lowest BCUT2D eigenvalue weighted by molar-refractivity contribution is -0.135. The number of hydrogen-bond donors (Lipinski definition) is 0. The molecule has 3 fully saturated rings. The van der Waals surface area contributed by atoms with Gasteiger partial charge in [-0.2, -0.15) is 0 Å². The molecule has 1 saturated carbocycles. The van der Waals surface area contributed by atoms with E-state index in [1.807, 2.05) is 21.4 Å². The van der Waals surface area contributed by atoms with Crippen LogP contribution in [0.2, 0.25) is 0 Å². The second-order valence-electron chi connectivity index (χ2n) is 6.66. The van der Waals surface area contributed by atoms with Crippen LogP contribution < -0.4 is 4.90 Å². The van der Waals surface area contributed by atoms with E-state index >= 15 is 0 Å². The first kappa shape index (κ1) is 14.9. The van der Waals surface area contributed by atoms with E-state index in [0.717, 1.165) is 50.6 Å². The smallest absolute Gasteiger partial charge is 0.228 e. The van der Waals surface area contributed by atoms with Gasteiger partial charge < -0.3 is 14.7 Å². The summed E-state index contributed by atoms with van der Waals surface area (Å²) in [5.41, 5.74) is 0. The third-order valence-corrected chi connectivity index (χ3v) is 5.82. The fraction of sp³-hybridized carbons (Fsp3) is 0.688. The second-order valence-corrected chi connectivity index (χ2v) is 7.53. The molecule has 4 rings (SSSR count). The van der Waals surface area contributed by atoms with E-state index in [2.05, 4.69) is 9.88 Å². The fourth-order valence-electron chi connectivity index (χ4n) is 3.60. The molecule has 3 aliphatic rings. The molecule has 1 atom stereocenters. The first-order chi connectivity index (χ1) is 11.2. The Bertz CT molecular complexity index is 587. The molecule has 23 heavy (non-hydrogen) atoms. The number of thiazole rings is 1. The van der Waals surface area contributed by atoms with E-state index < -0.39 is 0 Å². The number of carbonyl (C=O) groups is 2. The molecule has 1 aliphatic carbocycles. The maximum Gasteiger partial charge on any atom is 0.228 e. The van der Waals surface area contributed by atoms with Crippen molar-refractivity contribution in [2.24, 2.45) is 5.92 Å². The topological polar surface area (TPSA) is 56.8 Å². The summed E-state index contributed by atoms with van der Waals surface area (Å²) in [7, 11) is 0. The van der Waals surface area contributed by atoms with Crippen LogP contribution in [0.4, 0.5) is 5.13 Å². The molecule has 124 valence electrons. The normalized spacial score (nSPS) is 25.8. The number of anilines is 1. The number of aromatic nitrogens is 1. The zero-order chi connectivity index (χ0) is 15.8. The van der Waals surface area contributed by atoms with Crippen molar-refractivity contribution in [3.63, 3.8) is 0 Å². The van der Waals surface area contributed by atoms with Gasteiger partial charge in [-0.3, -0.25) is 9.59 Å². The van der Waals surface area contributed by atoms with Crippen molar-refractivity contribution in [1.82, 2.24) is 14.8 Å². The summed E-state index contributed by atoms with van der Waals surface area (Å²) in [6.45, 7) is 3.91. The summed E-state index contributed by atoms with van der Waals surface area (Å²) in [6, 6.07) is 0.421. The van der Waals surface area contributed by atoms with Gasteiger partial charge in [0.2, 0.25) is 11.8 Å². The van der Waals surface area contributed by atoms with Gasteiger partial charge in [-0.25, -0.2) is 4.98 Å². The molecule has 1 aromatic heterocycles. The maximum atomic E-state index is 12.8. The maximum absolute atomic E-state index is 12.8. The summed E-state index contributed by atoms with van der Waals surface area (Å²) in [6.07, 6.45) is 5.41. The Morgan fingerprint density at radius 2 is 2.09 bits per heavy atom. The minimum absolute atomic E-state index is 0.130. The van der Waals surface area contributed by atoms with Gasteiger partial charge in [0.05, 0.1) is 5.92 Å². The van der Waals surface area contributed by atoms with Crippen molar-refractivity contribution in [2.75, 3.05) is 37.6 Å². The van der Waals surface area contributed by atoms with E-state index in [0.29, 0.717) is 19.0 Å². The highest BCUT2D eigenvalue weighted by Crippen LogP contribution is 2.33. The third kappa shape index (κ3) is 3.06. The van der Waals surface area contributed by atoms with Crippen LogP contribution in [0.15, 0.2) is 11.6 Å². The number of likely N-dealkylation sites (tertiary alicyclic amines) is 1. The summed E-state index contributed by atoms with van der Waals surface area (Å²) >= 11 is 1.64. The summed E-state index contributed by atoms with van der Waals surface area (Å²) in [5.74, 6) is 0.210. The van der Waals surface area contributed by atoms with Crippen molar-refractivity contribution in [3.05, 3.63) is 11.6 Å². The Kier molecular flexibility index (Phi) is 3.97. The van der Waals surface area contributed by atoms with Gasteiger partial charge in [-0.1, -0.05) is 0 Å². The molecular weight excluding hydrogens is 312 g/mol. The fourth-order valence-corrected chi connectivity index (χ4v) is 4.29. The second kappa shape index (κ2) is 6.11. The molecule has 0 bridgehead atoms. The first-order valence-electron chi connectivity index (χ1n) is 8.45. The van der Waals surface area contributed by atoms with Gasteiger partial charge in [0.15, 0.2) is 5.13 Å².